The van der Waals surface area contributed by atoms with E-state index in [2.05, 4.69) is 40.7 Å². The summed E-state index contributed by atoms with van der Waals surface area (Å²) in [4.78, 5) is 12.8. The Morgan fingerprint density at radius 1 is 1.03 bits per heavy atom. The van der Waals surface area contributed by atoms with E-state index in [0.29, 0.717) is 24.7 Å². The lowest BCUT2D eigenvalue weighted by Gasteiger charge is -2.70. The molecule has 5 nitrogen and oxygen atoms in total. The van der Waals surface area contributed by atoms with Crippen LogP contribution in [0.25, 0.3) is 0 Å². The molecule has 5 aliphatic carbocycles. The fraction of sp³-hybridized carbons (Fsp3) is 0.833. The summed E-state index contributed by atoms with van der Waals surface area (Å²) in [5, 5.41) is 42.8. The fourth-order valence-electron chi connectivity index (χ4n) is 10.4. The molecule has 0 aromatic rings. The molecule has 5 rings (SSSR count). The van der Waals surface area contributed by atoms with E-state index in [1.807, 2.05) is 6.92 Å². The van der Waals surface area contributed by atoms with E-state index in [1.165, 1.54) is 11.1 Å². The van der Waals surface area contributed by atoms with Crippen LogP contribution < -0.4 is 0 Å². The van der Waals surface area contributed by atoms with Crippen molar-refractivity contribution in [1.29, 1.82) is 0 Å². The SMILES string of the molecule is CC1=C2C3=CC[C@@H]4[C@@]5(C)C[C@@H](O)[C@H](O)C(C)(CO)[C@@H]5CC[C@@]4(C)[C@]3(C)CC[C@@]2(C(=O)O)CC[C@H]1C. The van der Waals surface area contributed by atoms with Crippen molar-refractivity contribution in [3.05, 3.63) is 22.8 Å². The van der Waals surface area contributed by atoms with E-state index in [4.69, 9.17) is 0 Å². The summed E-state index contributed by atoms with van der Waals surface area (Å²) in [5.74, 6) is 0.176. The first-order valence-electron chi connectivity index (χ1n) is 13.9. The van der Waals surface area contributed by atoms with Crippen molar-refractivity contribution in [2.75, 3.05) is 6.61 Å². The van der Waals surface area contributed by atoms with E-state index < -0.39 is 29.0 Å². The number of allylic oxidation sites excluding steroid dienone is 3. The number of hydrogen-bond donors (Lipinski definition) is 4. The molecule has 196 valence electrons. The highest BCUT2D eigenvalue weighted by Gasteiger charge is 2.69. The van der Waals surface area contributed by atoms with Crippen LogP contribution in [-0.4, -0.2) is 45.2 Å². The van der Waals surface area contributed by atoms with Gasteiger partial charge in [-0.25, -0.2) is 0 Å². The molecule has 4 N–H and O–H groups in total. The molecule has 0 spiro atoms. The molecule has 35 heavy (non-hydrogen) atoms. The monoisotopic (exact) mass is 486 g/mol. The van der Waals surface area contributed by atoms with Gasteiger partial charge in [-0.2, -0.15) is 0 Å². The Morgan fingerprint density at radius 2 is 1.71 bits per heavy atom. The van der Waals surface area contributed by atoms with E-state index in [-0.39, 0.29) is 28.8 Å². The first-order chi connectivity index (χ1) is 16.2. The lowest BCUT2D eigenvalue weighted by Crippen LogP contribution is -2.67. The topological polar surface area (TPSA) is 98.0 Å². The maximum Gasteiger partial charge on any atom is 0.314 e. The van der Waals surface area contributed by atoms with Crippen molar-refractivity contribution < 1.29 is 25.2 Å². The first-order valence-corrected chi connectivity index (χ1v) is 13.9. The molecule has 3 fully saturated rings. The summed E-state index contributed by atoms with van der Waals surface area (Å²) in [6, 6.07) is 0. The molecule has 5 heteroatoms. The number of aliphatic carboxylic acids is 1. The van der Waals surface area contributed by atoms with Crippen LogP contribution in [-0.2, 0) is 4.79 Å². The molecule has 5 aliphatic rings. The lowest BCUT2D eigenvalue weighted by atomic mass is 9.34. The van der Waals surface area contributed by atoms with Gasteiger partial charge in [0.05, 0.1) is 24.2 Å². The quantitative estimate of drug-likeness (QED) is 0.435. The standard InChI is InChI=1S/C30H46O5/c1-17-9-12-30(25(34)35)14-13-28(5)19(23(30)18(17)2)7-8-22-26(3)15-20(32)24(33)27(4,16-31)21(26)10-11-29(22,28)6/h7,17,20-22,24,31-33H,8-16H2,1-6H3,(H,34,35)/t17-,20-,21-,22-,24+,26+,27?,28-,29-,30+/m1/s1. The van der Waals surface area contributed by atoms with Gasteiger partial charge in [-0.05, 0) is 103 Å². The third-order valence-corrected chi connectivity index (χ3v) is 12.9. The van der Waals surface area contributed by atoms with Gasteiger partial charge in [0, 0.05) is 5.41 Å². The zero-order valence-corrected chi connectivity index (χ0v) is 22.5. The molecule has 3 saturated carbocycles. The van der Waals surface area contributed by atoms with Gasteiger partial charge >= 0.3 is 5.97 Å². The maximum absolute atomic E-state index is 12.8. The number of carboxylic acids is 1. The van der Waals surface area contributed by atoms with Crippen LogP contribution >= 0.6 is 0 Å². The van der Waals surface area contributed by atoms with Gasteiger partial charge in [-0.1, -0.05) is 46.3 Å². The second kappa shape index (κ2) is 7.68. The van der Waals surface area contributed by atoms with Crippen molar-refractivity contribution in [3.8, 4) is 0 Å². The summed E-state index contributed by atoms with van der Waals surface area (Å²) in [6.07, 6.45) is 7.14. The molecule has 0 bridgehead atoms. The molecule has 0 aliphatic heterocycles. The van der Waals surface area contributed by atoms with Gasteiger partial charge in [0.15, 0.2) is 0 Å². The number of fused-ring (bicyclic) bond motifs is 7. The van der Waals surface area contributed by atoms with Crippen LogP contribution in [0.15, 0.2) is 22.8 Å². The number of rotatable bonds is 2. The van der Waals surface area contributed by atoms with E-state index in [9.17, 15) is 25.2 Å². The van der Waals surface area contributed by atoms with Gasteiger partial charge in [0.1, 0.15) is 0 Å². The third kappa shape index (κ3) is 2.89. The third-order valence-electron chi connectivity index (χ3n) is 12.9. The van der Waals surface area contributed by atoms with Gasteiger partial charge in [0.25, 0.3) is 0 Å². The maximum atomic E-state index is 12.8. The molecule has 1 unspecified atom stereocenters. The van der Waals surface area contributed by atoms with Crippen LogP contribution in [0.1, 0.15) is 92.9 Å². The summed E-state index contributed by atoms with van der Waals surface area (Å²) < 4.78 is 0. The molecule has 0 radical (unpaired) electrons. The number of aliphatic hydroxyl groups excluding tert-OH is 3. The Balaban J connectivity index is 1.66. The van der Waals surface area contributed by atoms with E-state index in [0.717, 1.165) is 44.1 Å². The van der Waals surface area contributed by atoms with Crippen LogP contribution in [0.2, 0.25) is 0 Å². The molecular weight excluding hydrogens is 440 g/mol. The molecular formula is C30H46O5. The molecule has 10 atom stereocenters. The second-order valence-electron chi connectivity index (χ2n) is 14.0. The van der Waals surface area contributed by atoms with Crippen molar-refractivity contribution in [1.82, 2.24) is 0 Å². The Bertz CT molecular complexity index is 999. The van der Waals surface area contributed by atoms with Crippen molar-refractivity contribution >= 4 is 5.97 Å². The summed E-state index contributed by atoms with van der Waals surface area (Å²) in [5.41, 5.74) is 1.82. The Morgan fingerprint density at radius 3 is 2.34 bits per heavy atom. The van der Waals surface area contributed by atoms with Crippen LogP contribution in [0.5, 0.6) is 0 Å². The van der Waals surface area contributed by atoms with Crippen molar-refractivity contribution in [2.45, 2.75) is 105 Å². The lowest BCUT2D eigenvalue weighted by molar-refractivity contribution is -0.240. The zero-order chi connectivity index (χ0) is 25.8. The highest BCUT2D eigenvalue weighted by molar-refractivity contribution is 5.82. The van der Waals surface area contributed by atoms with E-state index in [1.54, 1.807) is 0 Å². The molecule has 0 aromatic heterocycles. The van der Waals surface area contributed by atoms with Crippen molar-refractivity contribution in [3.63, 3.8) is 0 Å². The number of carboxylic acid groups (broad SMARTS) is 1. The molecule has 0 amide bonds. The second-order valence-corrected chi connectivity index (χ2v) is 14.0. The van der Waals surface area contributed by atoms with Gasteiger partial charge in [0.2, 0.25) is 0 Å². The van der Waals surface area contributed by atoms with Crippen LogP contribution in [0.3, 0.4) is 0 Å². The Kier molecular flexibility index (Phi) is 5.59. The summed E-state index contributed by atoms with van der Waals surface area (Å²) in [7, 11) is 0. The van der Waals surface area contributed by atoms with Gasteiger partial charge in [-0.15, -0.1) is 0 Å². The van der Waals surface area contributed by atoms with Gasteiger partial charge < -0.3 is 20.4 Å². The van der Waals surface area contributed by atoms with E-state index >= 15 is 0 Å². The van der Waals surface area contributed by atoms with Crippen LogP contribution in [0, 0.1) is 44.8 Å². The normalized spacial score (nSPS) is 53.6. The summed E-state index contributed by atoms with van der Waals surface area (Å²) >= 11 is 0. The average molecular weight is 487 g/mol. The minimum atomic E-state index is -0.914. The smallest absolute Gasteiger partial charge is 0.314 e. The van der Waals surface area contributed by atoms with Crippen LogP contribution in [0.4, 0.5) is 0 Å². The minimum Gasteiger partial charge on any atom is -0.481 e. The highest BCUT2D eigenvalue weighted by atomic mass is 16.4. The average Bonchev–Trinajstić information content (AvgIpc) is 2.80. The number of carbonyl (C=O) groups is 1. The molecule has 0 heterocycles. The minimum absolute atomic E-state index is 0.0423. The molecule has 0 saturated heterocycles. The van der Waals surface area contributed by atoms with Gasteiger partial charge in [-0.3, -0.25) is 4.79 Å². The number of hydrogen-bond acceptors (Lipinski definition) is 4. The fourth-order valence-corrected chi connectivity index (χ4v) is 10.4. The Labute approximate surface area is 210 Å². The number of aliphatic hydroxyl groups is 3. The predicted molar refractivity (Wildman–Crippen MR) is 135 cm³/mol. The largest absolute Gasteiger partial charge is 0.481 e. The predicted octanol–water partition coefficient (Wildman–Crippen LogP) is 5.10. The van der Waals surface area contributed by atoms with Crippen molar-refractivity contribution in [2.24, 2.45) is 44.8 Å². The molecule has 0 aromatic carbocycles. The zero-order valence-electron chi connectivity index (χ0n) is 22.5. The first kappa shape index (κ1) is 25.5. The Hall–Kier alpha value is -1.17. The summed E-state index contributed by atoms with van der Waals surface area (Å²) in [6.45, 7) is 13.3. The highest BCUT2D eigenvalue weighted by Crippen LogP contribution is 2.75.